The number of aromatic carboxylic acids is 1. The number of nitro benzene ring substituents is 1. The molecule has 0 saturated carbocycles. The quantitative estimate of drug-likeness (QED) is 0.588. The zero-order valence-corrected chi connectivity index (χ0v) is 11.9. The van der Waals surface area contributed by atoms with E-state index in [1.54, 1.807) is 0 Å². The lowest BCUT2D eigenvalue weighted by atomic mass is 9.95. The number of hydrogen-bond acceptors (Lipinski definition) is 4. The van der Waals surface area contributed by atoms with E-state index in [1.807, 2.05) is 20.8 Å². The fourth-order valence-corrected chi connectivity index (χ4v) is 2.36. The van der Waals surface area contributed by atoms with E-state index in [1.165, 1.54) is 18.2 Å². The normalized spacial score (nSPS) is 12.2. The third-order valence-corrected chi connectivity index (χ3v) is 3.60. The number of anilines is 1. The van der Waals surface area contributed by atoms with Gasteiger partial charge in [0.1, 0.15) is 5.69 Å². The number of benzene rings is 1. The maximum Gasteiger partial charge on any atom is 0.338 e. The number of nitrogens with zero attached hydrogens (tertiary/aromatic N) is 1. The van der Waals surface area contributed by atoms with E-state index in [-0.39, 0.29) is 23.0 Å². The second kappa shape index (κ2) is 6.88. The Bertz CT molecular complexity index is 466. The first-order valence-electron chi connectivity index (χ1n) is 6.69. The molecule has 0 aliphatic heterocycles. The molecule has 2 N–H and O–H groups in total. The molecule has 0 aromatic heterocycles. The van der Waals surface area contributed by atoms with Gasteiger partial charge in [-0.05, 0) is 18.9 Å². The number of nitrogens with one attached hydrogen (secondary N) is 1. The summed E-state index contributed by atoms with van der Waals surface area (Å²) in [5.41, 5.74) is -0.191. The number of carboxylic acid groups (broad SMARTS) is 1. The van der Waals surface area contributed by atoms with E-state index in [2.05, 4.69) is 5.32 Å². The van der Waals surface area contributed by atoms with Crippen LogP contribution in [0.1, 0.15) is 44.0 Å². The average Bonchev–Trinajstić information content (AvgIpc) is 2.39. The molecule has 0 saturated heterocycles. The SMILES string of the molecule is CCC(CC)C(C)Nc1c(C(=O)O)cccc1[N+](=O)[O-]. The Hall–Kier alpha value is -2.11. The third-order valence-electron chi connectivity index (χ3n) is 3.60. The van der Waals surface area contributed by atoms with Gasteiger partial charge in [0.15, 0.2) is 0 Å². The molecule has 0 aliphatic carbocycles. The van der Waals surface area contributed by atoms with Crippen LogP contribution in [-0.4, -0.2) is 22.0 Å². The Morgan fingerprint density at radius 3 is 2.45 bits per heavy atom. The summed E-state index contributed by atoms with van der Waals surface area (Å²) in [5.74, 6) is -0.843. The van der Waals surface area contributed by atoms with Crippen molar-refractivity contribution in [1.82, 2.24) is 0 Å². The number of rotatable bonds is 7. The molecule has 1 rings (SSSR count). The minimum absolute atomic E-state index is 0.0378. The standard InChI is InChI=1S/C14H20N2O4/c1-4-10(5-2)9(3)15-13-11(14(17)18)7-6-8-12(13)16(19)20/h6-10,15H,4-5H2,1-3H3,(H,17,18). The summed E-state index contributed by atoms with van der Waals surface area (Å²) < 4.78 is 0. The lowest BCUT2D eigenvalue weighted by Crippen LogP contribution is -2.26. The van der Waals surface area contributed by atoms with E-state index >= 15 is 0 Å². The van der Waals surface area contributed by atoms with Crippen LogP contribution in [0.4, 0.5) is 11.4 Å². The Labute approximate surface area is 118 Å². The molecular formula is C14H20N2O4. The molecule has 6 heteroatoms. The molecule has 110 valence electrons. The van der Waals surface area contributed by atoms with Crippen LogP contribution in [0.15, 0.2) is 18.2 Å². The highest BCUT2D eigenvalue weighted by Gasteiger charge is 2.24. The summed E-state index contributed by atoms with van der Waals surface area (Å²) in [6, 6.07) is 4.03. The highest BCUT2D eigenvalue weighted by molar-refractivity contribution is 5.96. The second-order valence-corrected chi connectivity index (χ2v) is 4.77. The number of carboxylic acids is 1. The fourth-order valence-electron chi connectivity index (χ4n) is 2.36. The van der Waals surface area contributed by atoms with Crippen molar-refractivity contribution in [3.8, 4) is 0 Å². The van der Waals surface area contributed by atoms with Crippen molar-refractivity contribution in [3.05, 3.63) is 33.9 Å². The summed E-state index contributed by atoms with van der Waals surface area (Å²) in [6.45, 7) is 6.01. The lowest BCUT2D eigenvalue weighted by Gasteiger charge is -2.24. The molecule has 1 atom stereocenters. The maximum atomic E-state index is 11.2. The summed E-state index contributed by atoms with van der Waals surface area (Å²) >= 11 is 0. The Morgan fingerprint density at radius 1 is 1.40 bits per heavy atom. The first kappa shape index (κ1) is 15.9. The monoisotopic (exact) mass is 280 g/mol. The van der Waals surface area contributed by atoms with Crippen LogP contribution in [0.3, 0.4) is 0 Å². The van der Waals surface area contributed by atoms with Gasteiger partial charge in [-0.25, -0.2) is 4.79 Å². The first-order valence-corrected chi connectivity index (χ1v) is 6.69. The molecule has 0 aliphatic rings. The molecule has 20 heavy (non-hydrogen) atoms. The van der Waals surface area contributed by atoms with Crippen molar-refractivity contribution < 1.29 is 14.8 Å². The summed E-state index contributed by atoms with van der Waals surface area (Å²) in [4.78, 5) is 21.7. The smallest absolute Gasteiger partial charge is 0.338 e. The van der Waals surface area contributed by atoms with Crippen LogP contribution in [0.2, 0.25) is 0 Å². The molecule has 6 nitrogen and oxygen atoms in total. The van der Waals surface area contributed by atoms with Crippen LogP contribution in [0.5, 0.6) is 0 Å². The lowest BCUT2D eigenvalue weighted by molar-refractivity contribution is -0.384. The van der Waals surface area contributed by atoms with Crippen molar-refractivity contribution in [2.75, 3.05) is 5.32 Å². The van der Waals surface area contributed by atoms with Gasteiger partial charge in [0.25, 0.3) is 5.69 Å². The number of carbonyl (C=O) groups is 1. The highest BCUT2D eigenvalue weighted by atomic mass is 16.6. The van der Waals surface area contributed by atoms with E-state index in [4.69, 9.17) is 0 Å². The molecule has 1 aromatic carbocycles. The topological polar surface area (TPSA) is 92.5 Å². The molecule has 0 amide bonds. The van der Waals surface area contributed by atoms with Crippen LogP contribution in [0, 0.1) is 16.0 Å². The highest BCUT2D eigenvalue weighted by Crippen LogP contribution is 2.30. The third kappa shape index (κ3) is 3.46. The number of nitro groups is 1. The zero-order valence-electron chi connectivity index (χ0n) is 11.9. The van der Waals surface area contributed by atoms with Gasteiger partial charge in [0.05, 0.1) is 10.5 Å². The summed E-state index contributed by atoms with van der Waals surface area (Å²) in [6.07, 6.45) is 1.85. The fraction of sp³-hybridized carbons (Fsp3) is 0.500. The zero-order chi connectivity index (χ0) is 15.3. The molecule has 0 spiro atoms. The van der Waals surface area contributed by atoms with E-state index < -0.39 is 10.9 Å². The first-order chi connectivity index (χ1) is 9.42. The van der Waals surface area contributed by atoms with Gasteiger partial charge in [-0.2, -0.15) is 0 Å². The summed E-state index contributed by atoms with van der Waals surface area (Å²) in [5, 5.41) is 23.3. The van der Waals surface area contributed by atoms with Gasteiger partial charge in [-0.15, -0.1) is 0 Å². The van der Waals surface area contributed by atoms with Gasteiger partial charge in [0.2, 0.25) is 0 Å². The predicted octanol–water partition coefficient (Wildman–Crippen LogP) is 3.53. The molecule has 1 unspecified atom stereocenters. The van der Waals surface area contributed by atoms with Crippen molar-refractivity contribution in [2.45, 2.75) is 39.7 Å². The van der Waals surface area contributed by atoms with Crippen molar-refractivity contribution in [2.24, 2.45) is 5.92 Å². The Morgan fingerprint density at radius 2 is 2.00 bits per heavy atom. The van der Waals surface area contributed by atoms with Crippen LogP contribution in [-0.2, 0) is 0 Å². The van der Waals surface area contributed by atoms with Crippen molar-refractivity contribution in [3.63, 3.8) is 0 Å². The van der Waals surface area contributed by atoms with E-state index in [9.17, 15) is 20.0 Å². The largest absolute Gasteiger partial charge is 0.478 e. The van der Waals surface area contributed by atoms with Crippen molar-refractivity contribution >= 4 is 17.3 Å². The van der Waals surface area contributed by atoms with Gasteiger partial charge in [-0.1, -0.05) is 32.8 Å². The van der Waals surface area contributed by atoms with Gasteiger partial charge in [-0.3, -0.25) is 10.1 Å². The second-order valence-electron chi connectivity index (χ2n) is 4.77. The molecule has 0 fully saturated rings. The average molecular weight is 280 g/mol. The minimum Gasteiger partial charge on any atom is -0.478 e. The maximum absolute atomic E-state index is 11.2. The van der Waals surface area contributed by atoms with Crippen LogP contribution >= 0.6 is 0 Å². The summed E-state index contributed by atoms with van der Waals surface area (Å²) in [7, 11) is 0. The van der Waals surface area contributed by atoms with Crippen LogP contribution < -0.4 is 5.32 Å². The molecule has 0 bridgehead atoms. The van der Waals surface area contributed by atoms with E-state index in [0.717, 1.165) is 12.8 Å². The Kier molecular flexibility index (Phi) is 5.49. The molecule has 0 heterocycles. The number of para-hydroxylation sites is 1. The Balaban J connectivity index is 3.20. The molecular weight excluding hydrogens is 260 g/mol. The van der Waals surface area contributed by atoms with E-state index in [0.29, 0.717) is 5.92 Å². The van der Waals surface area contributed by atoms with Crippen molar-refractivity contribution in [1.29, 1.82) is 0 Å². The van der Waals surface area contributed by atoms with Crippen LogP contribution in [0.25, 0.3) is 0 Å². The van der Waals surface area contributed by atoms with Gasteiger partial charge >= 0.3 is 5.97 Å². The molecule has 1 aromatic rings. The van der Waals surface area contributed by atoms with Gasteiger partial charge < -0.3 is 10.4 Å². The predicted molar refractivity (Wildman–Crippen MR) is 77.2 cm³/mol. The number of hydrogen-bond donors (Lipinski definition) is 2. The molecule has 0 radical (unpaired) electrons. The minimum atomic E-state index is -1.17. The van der Waals surface area contributed by atoms with Gasteiger partial charge in [0, 0.05) is 12.1 Å².